The van der Waals surface area contributed by atoms with Crippen LogP contribution in [0.1, 0.15) is 73.1 Å². The Bertz CT molecular complexity index is 246. The monoisotopic (exact) mass is 299 g/mol. The third kappa shape index (κ3) is 7.36. The van der Waals surface area contributed by atoms with Crippen molar-refractivity contribution < 1.29 is 0 Å². The van der Waals surface area contributed by atoms with Crippen LogP contribution in [-0.4, -0.2) is 23.6 Å². The zero-order chi connectivity index (χ0) is 15.0. The van der Waals surface area contributed by atoms with Crippen molar-refractivity contribution in [2.45, 2.75) is 78.7 Å². The van der Waals surface area contributed by atoms with E-state index in [1.54, 1.807) is 0 Å². The predicted octanol–water partition coefficient (Wildman–Crippen LogP) is 5.35. The molecule has 1 aliphatic carbocycles. The van der Waals surface area contributed by atoms with Crippen LogP contribution in [0.15, 0.2) is 0 Å². The van der Waals surface area contributed by atoms with Crippen LogP contribution >= 0.6 is 11.8 Å². The van der Waals surface area contributed by atoms with Crippen molar-refractivity contribution in [2.75, 3.05) is 18.1 Å². The molecule has 0 bridgehead atoms. The van der Waals surface area contributed by atoms with E-state index in [1.807, 2.05) is 0 Å². The van der Waals surface area contributed by atoms with Gasteiger partial charge in [0.05, 0.1) is 0 Å². The Morgan fingerprint density at radius 2 is 1.85 bits per heavy atom. The van der Waals surface area contributed by atoms with Crippen molar-refractivity contribution in [3.05, 3.63) is 0 Å². The van der Waals surface area contributed by atoms with Gasteiger partial charge in [0.25, 0.3) is 0 Å². The Morgan fingerprint density at radius 3 is 2.45 bits per heavy atom. The van der Waals surface area contributed by atoms with Gasteiger partial charge in [-0.25, -0.2) is 0 Å². The summed E-state index contributed by atoms with van der Waals surface area (Å²) in [5, 5.41) is 3.75. The number of thioether (sulfide) groups is 1. The first-order valence-corrected chi connectivity index (χ1v) is 9.94. The molecule has 20 heavy (non-hydrogen) atoms. The molecule has 2 heteroatoms. The number of hydrogen-bond donors (Lipinski definition) is 1. The topological polar surface area (TPSA) is 12.0 Å². The summed E-state index contributed by atoms with van der Waals surface area (Å²) in [6.07, 6.45) is 8.68. The second-order valence-corrected chi connectivity index (χ2v) is 8.97. The lowest BCUT2D eigenvalue weighted by molar-refractivity contribution is 0.155. The molecule has 0 aliphatic heterocycles. The molecule has 0 amide bonds. The van der Waals surface area contributed by atoms with Crippen molar-refractivity contribution in [1.29, 1.82) is 0 Å². The minimum absolute atomic E-state index is 0.268. The summed E-state index contributed by atoms with van der Waals surface area (Å²) in [6, 6.07) is 0. The molecule has 0 aromatic carbocycles. The molecule has 0 spiro atoms. The van der Waals surface area contributed by atoms with Crippen LogP contribution in [0, 0.1) is 17.8 Å². The van der Waals surface area contributed by atoms with Crippen molar-refractivity contribution in [3.8, 4) is 0 Å². The zero-order valence-electron chi connectivity index (χ0n) is 14.5. The fraction of sp³-hybridized carbons (Fsp3) is 1.00. The highest BCUT2D eigenvalue weighted by atomic mass is 32.2. The summed E-state index contributed by atoms with van der Waals surface area (Å²) in [4.78, 5) is 0. The molecule has 0 radical (unpaired) electrons. The van der Waals surface area contributed by atoms with Crippen LogP contribution in [0.4, 0.5) is 0 Å². The molecule has 1 saturated carbocycles. The van der Waals surface area contributed by atoms with Gasteiger partial charge in [-0.05, 0) is 82.3 Å². The van der Waals surface area contributed by atoms with E-state index in [0.29, 0.717) is 0 Å². The Morgan fingerprint density at radius 1 is 1.10 bits per heavy atom. The van der Waals surface area contributed by atoms with Crippen LogP contribution in [0.2, 0.25) is 0 Å². The maximum atomic E-state index is 3.75. The molecule has 1 aliphatic rings. The average Bonchev–Trinajstić information content (AvgIpc) is 2.41. The maximum absolute atomic E-state index is 3.75. The van der Waals surface area contributed by atoms with Gasteiger partial charge in [-0.3, -0.25) is 0 Å². The van der Waals surface area contributed by atoms with Crippen LogP contribution in [0.3, 0.4) is 0 Å². The third-order valence-electron chi connectivity index (χ3n) is 4.79. The van der Waals surface area contributed by atoms with Crippen molar-refractivity contribution in [2.24, 2.45) is 17.8 Å². The highest BCUT2D eigenvalue weighted by molar-refractivity contribution is 7.99. The van der Waals surface area contributed by atoms with E-state index >= 15 is 0 Å². The first-order valence-electron chi connectivity index (χ1n) is 8.79. The van der Waals surface area contributed by atoms with Gasteiger partial charge in [-0.2, -0.15) is 11.8 Å². The first-order chi connectivity index (χ1) is 9.46. The maximum Gasteiger partial charge on any atom is 0.00966 e. The van der Waals surface area contributed by atoms with E-state index in [2.05, 4.69) is 51.7 Å². The SMILES string of the molecule is CCSCCCC1CC(CC)CCC1CNC(C)(C)C. The van der Waals surface area contributed by atoms with Gasteiger partial charge in [0.1, 0.15) is 0 Å². The summed E-state index contributed by atoms with van der Waals surface area (Å²) < 4.78 is 0. The van der Waals surface area contributed by atoms with Crippen LogP contribution < -0.4 is 5.32 Å². The van der Waals surface area contributed by atoms with Gasteiger partial charge in [-0.15, -0.1) is 0 Å². The minimum Gasteiger partial charge on any atom is -0.312 e. The molecule has 1 fully saturated rings. The summed E-state index contributed by atoms with van der Waals surface area (Å²) >= 11 is 2.11. The third-order valence-corrected chi connectivity index (χ3v) is 5.77. The lowest BCUT2D eigenvalue weighted by Gasteiger charge is -2.38. The highest BCUT2D eigenvalue weighted by Crippen LogP contribution is 2.38. The summed E-state index contributed by atoms with van der Waals surface area (Å²) in [5.41, 5.74) is 0.268. The van der Waals surface area contributed by atoms with Gasteiger partial charge in [0.15, 0.2) is 0 Å². The van der Waals surface area contributed by atoms with Crippen LogP contribution in [0.5, 0.6) is 0 Å². The molecule has 0 aromatic rings. The highest BCUT2D eigenvalue weighted by Gasteiger charge is 2.29. The number of hydrogen-bond acceptors (Lipinski definition) is 2. The van der Waals surface area contributed by atoms with E-state index in [0.717, 1.165) is 17.8 Å². The molecule has 1 rings (SSSR count). The summed E-state index contributed by atoms with van der Waals surface area (Å²) in [7, 11) is 0. The van der Waals surface area contributed by atoms with Crippen molar-refractivity contribution >= 4 is 11.8 Å². The smallest absolute Gasteiger partial charge is 0.00966 e. The Hall–Kier alpha value is 0.310. The van der Waals surface area contributed by atoms with Gasteiger partial charge in [0.2, 0.25) is 0 Å². The van der Waals surface area contributed by atoms with E-state index < -0.39 is 0 Å². The molecular weight excluding hydrogens is 262 g/mol. The average molecular weight is 300 g/mol. The number of nitrogens with one attached hydrogen (secondary N) is 1. The lowest BCUT2D eigenvalue weighted by atomic mass is 9.71. The van der Waals surface area contributed by atoms with E-state index in [9.17, 15) is 0 Å². The summed E-state index contributed by atoms with van der Waals surface area (Å²) in [5.74, 6) is 5.54. The molecule has 0 saturated heterocycles. The predicted molar refractivity (Wildman–Crippen MR) is 94.6 cm³/mol. The fourth-order valence-electron chi connectivity index (χ4n) is 3.45. The normalized spacial score (nSPS) is 27.8. The molecule has 3 atom stereocenters. The van der Waals surface area contributed by atoms with Crippen molar-refractivity contribution in [3.63, 3.8) is 0 Å². The molecular formula is C18H37NS. The second kappa shape index (κ2) is 9.35. The van der Waals surface area contributed by atoms with E-state index in [4.69, 9.17) is 0 Å². The molecule has 0 aromatic heterocycles. The molecule has 0 heterocycles. The minimum atomic E-state index is 0.268. The molecule has 1 N–H and O–H groups in total. The summed E-state index contributed by atoms with van der Waals surface area (Å²) in [6.45, 7) is 12.7. The largest absolute Gasteiger partial charge is 0.312 e. The van der Waals surface area contributed by atoms with Crippen LogP contribution in [-0.2, 0) is 0 Å². The van der Waals surface area contributed by atoms with Crippen molar-refractivity contribution in [1.82, 2.24) is 5.32 Å². The Balaban J connectivity index is 2.42. The lowest BCUT2D eigenvalue weighted by Crippen LogP contribution is -2.42. The molecule has 3 unspecified atom stereocenters. The van der Waals surface area contributed by atoms with E-state index in [1.165, 1.54) is 56.6 Å². The fourth-order valence-corrected chi connectivity index (χ4v) is 4.11. The first kappa shape index (κ1) is 18.4. The van der Waals surface area contributed by atoms with Gasteiger partial charge in [0, 0.05) is 5.54 Å². The van der Waals surface area contributed by atoms with Gasteiger partial charge in [-0.1, -0.05) is 26.7 Å². The Labute approximate surface area is 132 Å². The van der Waals surface area contributed by atoms with Crippen LogP contribution in [0.25, 0.3) is 0 Å². The van der Waals surface area contributed by atoms with E-state index in [-0.39, 0.29) is 5.54 Å². The Kier molecular flexibility index (Phi) is 8.59. The standard InChI is InChI=1S/C18H37NS/c1-6-15-10-11-17(14-19-18(3,4)5)16(13-15)9-8-12-20-7-2/h15-17,19H,6-14H2,1-5H3. The number of rotatable bonds is 8. The van der Waals surface area contributed by atoms with Gasteiger partial charge >= 0.3 is 0 Å². The quantitative estimate of drug-likeness (QED) is 0.606. The molecule has 120 valence electrons. The second-order valence-electron chi connectivity index (χ2n) is 7.58. The zero-order valence-corrected chi connectivity index (χ0v) is 15.3. The molecule has 1 nitrogen and oxygen atoms in total. The van der Waals surface area contributed by atoms with Gasteiger partial charge < -0.3 is 5.32 Å².